The molecule has 0 amide bonds. The van der Waals surface area contributed by atoms with Gasteiger partial charge in [0.05, 0.1) is 0 Å². The van der Waals surface area contributed by atoms with Crippen molar-refractivity contribution in [2.24, 2.45) is 0 Å². The highest BCUT2D eigenvalue weighted by atomic mass is 35.5. The van der Waals surface area contributed by atoms with Gasteiger partial charge in [-0.2, -0.15) is 0 Å². The van der Waals surface area contributed by atoms with Gasteiger partial charge in [-0.25, -0.2) is 0 Å². The molecule has 0 radical (unpaired) electrons. The third-order valence-electron chi connectivity index (χ3n) is 3.97. The van der Waals surface area contributed by atoms with E-state index in [1.807, 2.05) is 12.1 Å². The van der Waals surface area contributed by atoms with Crippen LogP contribution in [0, 0.1) is 0 Å². The fourth-order valence-corrected chi connectivity index (χ4v) is 2.97. The summed E-state index contributed by atoms with van der Waals surface area (Å²) in [6.45, 7) is 2.26. The maximum Gasteiger partial charge on any atom is 0.0406 e. The average molecular weight is 286 g/mol. The van der Waals surface area contributed by atoms with Gasteiger partial charge in [0.15, 0.2) is 0 Å². The van der Waals surface area contributed by atoms with Gasteiger partial charge in [0.2, 0.25) is 0 Å². The molecular formula is C18H20ClN. The summed E-state index contributed by atoms with van der Waals surface area (Å²) in [6.07, 6.45) is 2.31. The van der Waals surface area contributed by atoms with Gasteiger partial charge in [0, 0.05) is 23.0 Å². The van der Waals surface area contributed by atoms with Crippen LogP contribution in [0.4, 0.5) is 0 Å². The fraction of sp³-hybridized carbons (Fsp3) is 0.333. The largest absolute Gasteiger partial charge is 0.311 e. The van der Waals surface area contributed by atoms with Crippen molar-refractivity contribution in [3.05, 3.63) is 70.7 Å². The van der Waals surface area contributed by atoms with Crippen molar-refractivity contribution in [2.75, 3.05) is 0 Å². The van der Waals surface area contributed by atoms with Crippen molar-refractivity contribution >= 4 is 11.6 Å². The molecule has 1 nitrogen and oxygen atoms in total. The summed E-state index contributed by atoms with van der Waals surface area (Å²) in [4.78, 5) is 0. The van der Waals surface area contributed by atoms with Crippen LogP contribution < -0.4 is 5.32 Å². The lowest BCUT2D eigenvalue weighted by atomic mass is 10.1. The molecule has 3 atom stereocenters. The molecule has 1 N–H and O–H groups in total. The normalized spacial score (nSPS) is 22.5. The Labute approximate surface area is 126 Å². The number of rotatable bonds is 5. The summed E-state index contributed by atoms with van der Waals surface area (Å²) in [5.41, 5.74) is 2.80. The zero-order chi connectivity index (χ0) is 13.9. The van der Waals surface area contributed by atoms with E-state index in [9.17, 15) is 0 Å². The second-order valence-corrected chi connectivity index (χ2v) is 6.19. The SMILES string of the molecule is CC(Cc1ccc(Cl)cc1)NC1CC1c1ccccc1. The van der Waals surface area contributed by atoms with Crippen LogP contribution >= 0.6 is 11.6 Å². The smallest absolute Gasteiger partial charge is 0.0406 e. The minimum Gasteiger partial charge on any atom is -0.311 e. The molecule has 0 saturated heterocycles. The number of benzene rings is 2. The third kappa shape index (κ3) is 3.41. The van der Waals surface area contributed by atoms with E-state index < -0.39 is 0 Å². The third-order valence-corrected chi connectivity index (χ3v) is 4.22. The van der Waals surface area contributed by atoms with Crippen LogP contribution in [-0.2, 0) is 6.42 Å². The van der Waals surface area contributed by atoms with E-state index in [1.165, 1.54) is 17.5 Å². The van der Waals surface area contributed by atoms with Crippen LogP contribution in [-0.4, -0.2) is 12.1 Å². The predicted molar refractivity (Wildman–Crippen MR) is 85.3 cm³/mol. The van der Waals surface area contributed by atoms with Crippen molar-refractivity contribution in [3.63, 3.8) is 0 Å². The van der Waals surface area contributed by atoms with Crippen LogP contribution in [0.1, 0.15) is 30.4 Å². The van der Waals surface area contributed by atoms with Gasteiger partial charge < -0.3 is 5.32 Å². The van der Waals surface area contributed by atoms with Gasteiger partial charge in [-0.1, -0.05) is 54.1 Å². The summed E-state index contributed by atoms with van der Waals surface area (Å²) in [5, 5.41) is 4.54. The molecule has 0 heterocycles. The summed E-state index contributed by atoms with van der Waals surface area (Å²) < 4.78 is 0. The van der Waals surface area contributed by atoms with E-state index in [0.717, 1.165) is 11.4 Å². The highest BCUT2D eigenvalue weighted by molar-refractivity contribution is 6.30. The van der Waals surface area contributed by atoms with E-state index >= 15 is 0 Å². The first-order valence-corrected chi connectivity index (χ1v) is 7.65. The molecule has 0 aromatic heterocycles. The Morgan fingerprint density at radius 1 is 1.10 bits per heavy atom. The van der Waals surface area contributed by atoms with Gasteiger partial charge in [-0.15, -0.1) is 0 Å². The molecule has 3 rings (SSSR count). The van der Waals surface area contributed by atoms with E-state index in [-0.39, 0.29) is 0 Å². The molecule has 1 aliphatic carbocycles. The molecule has 0 spiro atoms. The van der Waals surface area contributed by atoms with Crippen LogP contribution in [0.25, 0.3) is 0 Å². The zero-order valence-corrected chi connectivity index (χ0v) is 12.5. The second kappa shape index (κ2) is 5.99. The zero-order valence-electron chi connectivity index (χ0n) is 11.7. The molecule has 2 heteroatoms. The number of halogens is 1. The molecule has 0 bridgehead atoms. The average Bonchev–Trinajstić information content (AvgIpc) is 3.21. The Hall–Kier alpha value is -1.31. The van der Waals surface area contributed by atoms with E-state index in [2.05, 4.69) is 54.7 Å². The highest BCUT2D eigenvalue weighted by Gasteiger charge is 2.38. The fourth-order valence-electron chi connectivity index (χ4n) is 2.85. The first kappa shape index (κ1) is 13.7. The van der Waals surface area contributed by atoms with Crippen LogP contribution in [0.2, 0.25) is 5.02 Å². The molecule has 2 aromatic carbocycles. The van der Waals surface area contributed by atoms with Gasteiger partial charge in [-0.05, 0) is 43.0 Å². The Balaban J connectivity index is 1.51. The summed E-state index contributed by atoms with van der Waals surface area (Å²) in [5.74, 6) is 0.698. The molecule has 1 aliphatic rings. The predicted octanol–water partition coefficient (Wildman–Crippen LogP) is 4.42. The summed E-state index contributed by atoms with van der Waals surface area (Å²) in [7, 11) is 0. The van der Waals surface area contributed by atoms with Crippen LogP contribution in [0.15, 0.2) is 54.6 Å². The first-order chi connectivity index (χ1) is 9.72. The Kier molecular flexibility index (Phi) is 4.09. The van der Waals surface area contributed by atoms with E-state index in [0.29, 0.717) is 18.0 Å². The minimum atomic E-state index is 0.495. The maximum absolute atomic E-state index is 5.91. The van der Waals surface area contributed by atoms with Crippen LogP contribution in [0.3, 0.4) is 0 Å². The van der Waals surface area contributed by atoms with E-state index in [4.69, 9.17) is 11.6 Å². The van der Waals surface area contributed by atoms with Gasteiger partial charge in [-0.3, -0.25) is 0 Å². The first-order valence-electron chi connectivity index (χ1n) is 7.28. The Morgan fingerprint density at radius 2 is 1.80 bits per heavy atom. The molecular weight excluding hydrogens is 266 g/mol. The number of hydrogen-bond acceptors (Lipinski definition) is 1. The standard InChI is InChI=1S/C18H20ClN/c1-13(11-14-7-9-16(19)10-8-14)20-18-12-17(18)15-5-3-2-4-6-15/h2-10,13,17-18,20H,11-12H2,1H3. The quantitative estimate of drug-likeness (QED) is 0.858. The van der Waals surface area contributed by atoms with Crippen molar-refractivity contribution in [2.45, 2.75) is 37.8 Å². The summed E-state index contributed by atoms with van der Waals surface area (Å²) >= 11 is 5.91. The molecule has 104 valence electrons. The topological polar surface area (TPSA) is 12.0 Å². The molecule has 2 aromatic rings. The molecule has 3 unspecified atom stereocenters. The Morgan fingerprint density at radius 3 is 2.50 bits per heavy atom. The number of nitrogens with one attached hydrogen (secondary N) is 1. The lowest BCUT2D eigenvalue weighted by molar-refractivity contribution is 0.536. The molecule has 1 fully saturated rings. The van der Waals surface area contributed by atoms with Crippen LogP contribution in [0.5, 0.6) is 0 Å². The van der Waals surface area contributed by atoms with Gasteiger partial charge in [0.25, 0.3) is 0 Å². The van der Waals surface area contributed by atoms with Gasteiger partial charge in [0.1, 0.15) is 0 Å². The second-order valence-electron chi connectivity index (χ2n) is 5.76. The van der Waals surface area contributed by atoms with Crippen molar-refractivity contribution in [3.8, 4) is 0 Å². The van der Waals surface area contributed by atoms with Crippen molar-refractivity contribution < 1.29 is 0 Å². The van der Waals surface area contributed by atoms with Crippen molar-refractivity contribution in [1.29, 1.82) is 0 Å². The summed E-state index contributed by atoms with van der Waals surface area (Å²) in [6, 6.07) is 20.1. The molecule has 1 saturated carbocycles. The monoisotopic (exact) mass is 285 g/mol. The van der Waals surface area contributed by atoms with Crippen molar-refractivity contribution in [1.82, 2.24) is 5.32 Å². The van der Waals surface area contributed by atoms with E-state index in [1.54, 1.807) is 0 Å². The Bertz CT molecular complexity index is 549. The lowest BCUT2D eigenvalue weighted by Gasteiger charge is -2.14. The molecule has 20 heavy (non-hydrogen) atoms. The number of hydrogen-bond donors (Lipinski definition) is 1. The molecule has 0 aliphatic heterocycles. The minimum absolute atomic E-state index is 0.495. The van der Waals surface area contributed by atoms with Gasteiger partial charge >= 0.3 is 0 Å². The lowest BCUT2D eigenvalue weighted by Crippen LogP contribution is -2.30. The maximum atomic E-state index is 5.91. The highest BCUT2D eigenvalue weighted by Crippen LogP contribution is 2.40.